The lowest BCUT2D eigenvalue weighted by Crippen LogP contribution is -2.58. The Morgan fingerprint density at radius 1 is 1.26 bits per heavy atom. The molecular formula is C20H25N5O2. The molecule has 1 fully saturated rings. The molecule has 0 unspecified atom stereocenters. The second-order valence-electron chi connectivity index (χ2n) is 7.21. The first-order valence-electron chi connectivity index (χ1n) is 9.16. The van der Waals surface area contributed by atoms with Gasteiger partial charge in [0, 0.05) is 31.4 Å². The molecule has 142 valence electrons. The highest BCUT2D eigenvalue weighted by molar-refractivity contribution is 6.02. The summed E-state index contributed by atoms with van der Waals surface area (Å²) in [5.41, 5.74) is 7.37. The molecule has 7 heteroatoms. The Kier molecular flexibility index (Phi) is 5.39. The number of carbonyl (C=O) groups excluding carboxylic acids is 2. The molecule has 2 heterocycles. The maximum absolute atomic E-state index is 13.2. The summed E-state index contributed by atoms with van der Waals surface area (Å²) in [6.45, 7) is 7.64. The molecule has 0 aliphatic carbocycles. The number of piperazine rings is 1. The van der Waals surface area contributed by atoms with E-state index in [-0.39, 0.29) is 17.8 Å². The van der Waals surface area contributed by atoms with Crippen LogP contribution in [0.15, 0.2) is 36.5 Å². The fourth-order valence-electron chi connectivity index (χ4n) is 3.35. The Morgan fingerprint density at radius 3 is 2.63 bits per heavy atom. The summed E-state index contributed by atoms with van der Waals surface area (Å²) in [5.74, 6) is 0.217. The van der Waals surface area contributed by atoms with Gasteiger partial charge in [-0.05, 0) is 12.8 Å². The van der Waals surface area contributed by atoms with Crippen LogP contribution in [0.1, 0.15) is 31.1 Å². The first-order chi connectivity index (χ1) is 12.9. The van der Waals surface area contributed by atoms with E-state index in [4.69, 9.17) is 5.73 Å². The lowest BCUT2D eigenvalue weighted by Gasteiger charge is -2.40. The fourth-order valence-corrected chi connectivity index (χ4v) is 3.35. The Bertz CT molecular complexity index is 838. The molecule has 7 nitrogen and oxygen atoms in total. The molecule has 2 amide bonds. The first-order valence-corrected chi connectivity index (χ1v) is 9.16. The summed E-state index contributed by atoms with van der Waals surface area (Å²) < 4.78 is 0. The van der Waals surface area contributed by atoms with E-state index in [0.29, 0.717) is 36.8 Å². The van der Waals surface area contributed by atoms with Gasteiger partial charge in [0.1, 0.15) is 6.04 Å². The molecule has 3 rings (SSSR count). The van der Waals surface area contributed by atoms with Crippen molar-refractivity contribution in [3.8, 4) is 11.3 Å². The van der Waals surface area contributed by atoms with Crippen LogP contribution in [0.25, 0.3) is 11.3 Å². The highest BCUT2D eigenvalue weighted by atomic mass is 16.2. The molecule has 1 aliphatic heterocycles. The van der Waals surface area contributed by atoms with Gasteiger partial charge in [-0.3, -0.25) is 9.59 Å². The van der Waals surface area contributed by atoms with E-state index < -0.39 is 6.04 Å². The van der Waals surface area contributed by atoms with Gasteiger partial charge in [-0.1, -0.05) is 44.2 Å². The SMILES string of the molecule is CC(C)CN1CCN(C(=O)c2cnc(N)nc2-c2ccccc2)[C@H](C)C1=O. The van der Waals surface area contributed by atoms with Gasteiger partial charge in [-0.2, -0.15) is 0 Å². The minimum Gasteiger partial charge on any atom is -0.368 e. The molecule has 0 saturated carbocycles. The van der Waals surface area contributed by atoms with Crippen LogP contribution in [0.3, 0.4) is 0 Å². The molecule has 0 bridgehead atoms. The van der Waals surface area contributed by atoms with E-state index >= 15 is 0 Å². The summed E-state index contributed by atoms with van der Waals surface area (Å²) in [6.07, 6.45) is 1.45. The second kappa shape index (κ2) is 7.73. The number of hydrogen-bond acceptors (Lipinski definition) is 5. The topological polar surface area (TPSA) is 92.4 Å². The number of hydrogen-bond donors (Lipinski definition) is 1. The Balaban J connectivity index is 1.90. The maximum Gasteiger partial charge on any atom is 0.258 e. The van der Waals surface area contributed by atoms with Crippen molar-refractivity contribution in [1.82, 2.24) is 19.8 Å². The minimum atomic E-state index is -0.522. The fraction of sp³-hybridized carbons (Fsp3) is 0.400. The first kappa shape index (κ1) is 18.8. The Labute approximate surface area is 159 Å². The van der Waals surface area contributed by atoms with Crippen LogP contribution in [0.5, 0.6) is 0 Å². The number of amides is 2. The van der Waals surface area contributed by atoms with E-state index in [1.807, 2.05) is 35.2 Å². The van der Waals surface area contributed by atoms with Gasteiger partial charge in [0.15, 0.2) is 0 Å². The van der Waals surface area contributed by atoms with Crippen LogP contribution in [-0.2, 0) is 4.79 Å². The third-order valence-electron chi connectivity index (χ3n) is 4.68. The van der Waals surface area contributed by atoms with Gasteiger partial charge in [-0.25, -0.2) is 9.97 Å². The lowest BCUT2D eigenvalue weighted by atomic mass is 10.0. The zero-order valence-corrected chi connectivity index (χ0v) is 15.9. The van der Waals surface area contributed by atoms with Gasteiger partial charge in [-0.15, -0.1) is 0 Å². The number of nitrogens with two attached hydrogens (primary N) is 1. The number of nitrogen functional groups attached to an aromatic ring is 1. The summed E-state index contributed by atoms with van der Waals surface area (Å²) in [7, 11) is 0. The molecular weight excluding hydrogens is 342 g/mol. The molecule has 0 spiro atoms. The number of anilines is 1. The standard InChI is InChI=1S/C20H25N5O2/c1-13(2)12-24-9-10-25(14(3)18(24)26)19(27)16-11-22-20(21)23-17(16)15-7-5-4-6-8-15/h4-8,11,13-14H,9-10,12H2,1-3H3,(H2,21,22,23)/t14-/m1/s1. The zero-order valence-electron chi connectivity index (χ0n) is 15.9. The van der Waals surface area contributed by atoms with Crippen molar-refractivity contribution in [3.63, 3.8) is 0 Å². The maximum atomic E-state index is 13.2. The smallest absolute Gasteiger partial charge is 0.258 e. The number of aromatic nitrogens is 2. The van der Waals surface area contributed by atoms with Crippen LogP contribution < -0.4 is 5.73 Å². The average Bonchev–Trinajstić information content (AvgIpc) is 2.65. The monoisotopic (exact) mass is 367 g/mol. The predicted molar refractivity (Wildman–Crippen MR) is 104 cm³/mol. The molecule has 1 atom stereocenters. The van der Waals surface area contributed by atoms with Crippen LogP contribution in [0.4, 0.5) is 5.95 Å². The van der Waals surface area contributed by atoms with Crippen molar-refractivity contribution in [2.24, 2.45) is 5.92 Å². The number of nitrogens with zero attached hydrogens (tertiary/aromatic N) is 4. The van der Waals surface area contributed by atoms with Gasteiger partial charge in [0.2, 0.25) is 11.9 Å². The van der Waals surface area contributed by atoms with Crippen molar-refractivity contribution in [2.75, 3.05) is 25.4 Å². The van der Waals surface area contributed by atoms with Gasteiger partial charge in [0.25, 0.3) is 5.91 Å². The lowest BCUT2D eigenvalue weighted by molar-refractivity contribution is -0.140. The van der Waals surface area contributed by atoms with Crippen molar-refractivity contribution in [1.29, 1.82) is 0 Å². The minimum absolute atomic E-state index is 0.0269. The molecule has 0 radical (unpaired) electrons. The number of benzene rings is 1. The molecule has 1 aromatic heterocycles. The summed E-state index contributed by atoms with van der Waals surface area (Å²) >= 11 is 0. The Morgan fingerprint density at radius 2 is 1.96 bits per heavy atom. The molecule has 27 heavy (non-hydrogen) atoms. The summed E-state index contributed by atoms with van der Waals surface area (Å²) in [6, 6.07) is 8.86. The molecule has 1 aliphatic rings. The van der Waals surface area contributed by atoms with E-state index in [2.05, 4.69) is 23.8 Å². The van der Waals surface area contributed by atoms with Gasteiger partial charge < -0.3 is 15.5 Å². The highest BCUT2D eigenvalue weighted by Crippen LogP contribution is 2.25. The Hall–Kier alpha value is -2.96. The molecule has 1 aromatic carbocycles. The van der Waals surface area contributed by atoms with Crippen LogP contribution >= 0.6 is 0 Å². The van der Waals surface area contributed by atoms with Gasteiger partial charge in [0.05, 0.1) is 11.3 Å². The predicted octanol–water partition coefficient (Wildman–Crippen LogP) is 2.05. The van der Waals surface area contributed by atoms with Crippen LogP contribution in [-0.4, -0.2) is 57.3 Å². The van der Waals surface area contributed by atoms with E-state index in [9.17, 15) is 9.59 Å². The molecule has 2 aromatic rings. The van der Waals surface area contributed by atoms with E-state index in [1.165, 1.54) is 6.20 Å². The second-order valence-corrected chi connectivity index (χ2v) is 7.21. The summed E-state index contributed by atoms with van der Waals surface area (Å²) in [5, 5.41) is 0. The largest absolute Gasteiger partial charge is 0.368 e. The number of rotatable bonds is 4. The third-order valence-corrected chi connectivity index (χ3v) is 4.68. The highest BCUT2D eigenvalue weighted by Gasteiger charge is 2.35. The third kappa shape index (κ3) is 3.92. The van der Waals surface area contributed by atoms with Crippen molar-refractivity contribution in [2.45, 2.75) is 26.8 Å². The summed E-state index contributed by atoms with van der Waals surface area (Å²) in [4.78, 5) is 37.6. The van der Waals surface area contributed by atoms with Crippen LogP contribution in [0, 0.1) is 5.92 Å². The van der Waals surface area contributed by atoms with E-state index in [0.717, 1.165) is 5.56 Å². The number of carbonyl (C=O) groups is 2. The average molecular weight is 367 g/mol. The molecule has 1 saturated heterocycles. The van der Waals surface area contributed by atoms with Crippen molar-refractivity contribution >= 4 is 17.8 Å². The quantitative estimate of drug-likeness (QED) is 0.893. The van der Waals surface area contributed by atoms with Crippen molar-refractivity contribution < 1.29 is 9.59 Å². The molecule has 2 N–H and O–H groups in total. The van der Waals surface area contributed by atoms with E-state index in [1.54, 1.807) is 11.8 Å². The van der Waals surface area contributed by atoms with Gasteiger partial charge >= 0.3 is 0 Å². The van der Waals surface area contributed by atoms with Crippen molar-refractivity contribution in [3.05, 3.63) is 42.1 Å². The normalized spacial score (nSPS) is 17.5. The zero-order chi connectivity index (χ0) is 19.6. The van der Waals surface area contributed by atoms with Crippen LogP contribution in [0.2, 0.25) is 0 Å².